The van der Waals surface area contributed by atoms with Crippen molar-refractivity contribution in [3.8, 4) is 16.9 Å². The van der Waals surface area contributed by atoms with E-state index < -0.39 is 11.9 Å². The zero-order chi connectivity index (χ0) is 17.6. The number of benzene rings is 3. The van der Waals surface area contributed by atoms with Gasteiger partial charge in [-0.3, -0.25) is 4.79 Å². The van der Waals surface area contributed by atoms with Crippen molar-refractivity contribution in [3.63, 3.8) is 0 Å². The lowest BCUT2D eigenvalue weighted by atomic mass is 10.0. The predicted molar refractivity (Wildman–Crippen MR) is 97.0 cm³/mol. The molecule has 0 aliphatic heterocycles. The summed E-state index contributed by atoms with van der Waals surface area (Å²) in [6.45, 7) is 1.63. The molecule has 0 radical (unpaired) electrons. The van der Waals surface area contributed by atoms with Gasteiger partial charge in [-0.05, 0) is 30.7 Å². The van der Waals surface area contributed by atoms with Crippen LogP contribution in [0.1, 0.15) is 6.92 Å². The van der Waals surface area contributed by atoms with Crippen LogP contribution in [0.2, 0.25) is 0 Å². The first-order valence-corrected chi connectivity index (χ1v) is 8.01. The van der Waals surface area contributed by atoms with E-state index in [2.05, 4.69) is 5.32 Å². The maximum Gasteiger partial charge on any atom is 0.265 e. The summed E-state index contributed by atoms with van der Waals surface area (Å²) in [7, 11) is 0. The summed E-state index contributed by atoms with van der Waals surface area (Å²) in [5.41, 5.74) is 2.64. The van der Waals surface area contributed by atoms with Crippen molar-refractivity contribution in [1.29, 1.82) is 0 Å². The quantitative estimate of drug-likeness (QED) is 0.720. The van der Waals surface area contributed by atoms with Gasteiger partial charge in [0.15, 0.2) is 6.10 Å². The number of amides is 1. The first kappa shape index (κ1) is 16.7. The van der Waals surface area contributed by atoms with Gasteiger partial charge in [0.2, 0.25) is 0 Å². The van der Waals surface area contributed by atoms with Crippen LogP contribution in [0.15, 0.2) is 78.9 Å². The van der Waals surface area contributed by atoms with Crippen LogP contribution in [0, 0.1) is 5.82 Å². The van der Waals surface area contributed by atoms with Gasteiger partial charge in [-0.25, -0.2) is 4.39 Å². The summed E-state index contributed by atoms with van der Waals surface area (Å²) in [5, 5.41) is 2.89. The second-order valence-corrected chi connectivity index (χ2v) is 5.62. The Bertz CT molecular complexity index is 865. The third-order valence-corrected chi connectivity index (χ3v) is 3.75. The number of hydrogen-bond acceptors (Lipinski definition) is 2. The van der Waals surface area contributed by atoms with Crippen LogP contribution >= 0.6 is 0 Å². The van der Waals surface area contributed by atoms with E-state index in [0.717, 1.165) is 11.1 Å². The van der Waals surface area contributed by atoms with Crippen molar-refractivity contribution in [2.24, 2.45) is 0 Å². The Morgan fingerprint density at radius 1 is 0.960 bits per heavy atom. The average Bonchev–Trinajstić information content (AvgIpc) is 2.63. The molecular weight excluding hydrogens is 317 g/mol. The maximum atomic E-state index is 13.2. The van der Waals surface area contributed by atoms with E-state index in [-0.39, 0.29) is 5.91 Å². The summed E-state index contributed by atoms with van der Waals surface area (Å²) in [6.07, 6.45) is -0.759. The molecule has 3 aromatic carbocycles. The minimum absolute atomic E-state index is 0.298. The van der Waals surface area contributed by atoms with Gasteiger partial charge in [-0.2, -0.15) is 0 Å². The van der Waals surface area contributed by atoms with Crippen molar-refractivity contribution in [2.45, 2.75) is 13.0 Å². The van der Waals surface area contributed by atoms with E-state index in [0.29, 0.717) is 11.4 Å². The van der Waals surface area contributed by atoms with Crippen molar-refractivity contribution >= 4 is 11.6 Å². The van der Waals surface area contributed by atoms with E-state index in [1.54, 1.807) is 19.1 Å². The van der Waals surface area contributed by atoms with Crippen LogP contribution < -0.4 is 10.1 Å². The number of carbonyl (C=O) groups excluding carboxylic acids is 1. The molecule has 0 spiro atoms. The van der Waals surface area contributed by atoms with Gasteiger partial charge in [-0.15, -0.1) is 0 Å². The summed E-state index contributed by atoms with van der Waals surface area (Å²) < 4.78 is 18.7. The van der Waals surface area contributed by atoms with Crippen molar-refractivity contribution in [2.75, 3.05) is 5.32 Å². The topological polar surface area (TPSA) is 38.3 Å². The van der Waals surface area contributed by atoms with Gasteiger partial charge in [0.05, 0.1) is 0 Å². The highest BCUT2D eigenvalue weighted by Crippen LogP contribution is 2.27. The number of halogens is 1. The fourth-order valence-corrected chi connectivity index (χ4v) is 2.49. The minimum Gasteiger partial charge on any atom is -0.481 e. The molecular formula is C21H18FNO2. The lowest BCUT2D eigenvalue weighted by Gasteiger charge is -2.16. The van der Waals surface area contributed by atoms with Gasteiger partial charge >= 0.3 is 0 Å². The van der Waals surface area contributed by atoms with Crippen molar-refractivity contribution in [1.82, 2.24) is 0 Å². The Morgan fingerprint density at radius 2 is 1.68 bits per heavy atom. The standard InChI is InChI=1S/C21H18FNO2/c1-15(25-18-11-7-10-17(22)14-18)21(24)23-20-13-6-5-12-19(20)16-8-3-2-4-9-16/h2-15H,1H3,(H,23,24). The maximum absolute atomic E-state index is 13.2. The molecule has 4 heteroatoms. The zero-order valence-electron chi connectivity index (χ0n) is 13.8. The van der Waals surface area contributed by atoms with Crippen LogP contribution in [0.3, 0.4) is 0 Å². The van der Waals surface area contributed by atoms with Crippen molar-refractivity contribution < 1.29 is 13.9 Å². The number of ether oxygens (including phenoxy) is 1. The molecule has 3 nitrogen and oxygen atoms in total. The molecule has 0 aliphatic rings. The van der Waals surface area contributed by atoms with Gasteiger partial charge in [0, 0.05) is 17.3 Å². The number of rotatable bonds is 5. The normalized spacial score (nSPS) is 11.6. The van der Waals surface area contributed by atoms with Gasteiger partial charge < -0.3 is 10.1 Å². The smallest absolute Gasteiger partial charge is 0.265 e. The Balaban J connectivity index is 1.75. The average molecular weight is 335 g/mol. The summed E-state index contributed by atoms with van der Waals surface area (Å²) in [6, 6.07) is 23.1. The third-order valence-electron chi connectivity index (χ3n) is 3.75. The SMILES string of the molecule is CC(Oc1cccc(F)c1)C(=O)Nc1ccccc1-c1ccccc1. The van der Waals surface area contributed by atoms with Gasteiger partial charge in [0.25, 0.3) is 5.91 Å². The number of nitrogens with one attached hydrogen (secondary N) is 1. The Labute approximate surface area is 146 Å². The Kier molecular flexibility index (Phi) is 5.09. The molecule has 0 saturated heterocycles. The molecule has 0 aromatic heterocycles. The molecule has 1 amide bonds. The molecule has 25 heavy (non-hydrogen) atoms. The Hall–Kier alpha value is -3.14. The van der Waals surface area contributed by atoms with Crippen molar-refractivity contribution in [3.05, 3.63) is 84.7 Å². The summed E-state index contributed by atoms with van der Waals surface area (Å²) in [4.78, 5) is 12.5. The fraction of sp³-hybridized carbons (Fsp3) is 0.0952. The van der Waals surface area contributed by atoms with Crippen LogP contribution in [0.5, 0.6) is 5.75 Å². The monoisotopic (exact) mass is 335 g/mol. The van der Waals surface area contributed by atoms with E-state index in [1.807, 2.05) is 54.6 Å². The molecule has 0 saturated carbocycles. The van der Waals surface area contributed by atoms with E-state index in [4.69, 9.17) is 4.74 Å². The summed E-state index contributed by atoms with van der Waals surface area (Å²) in [5.74, 6) is -0.383. The lowest BCUT2D eigenvalue weighted by molar-refractivity contribution is -0.122. The van der Waals surface area contributed by atoms with Crippen LogP contribution in [-0.2, 0) is 4.79 Å². The van der Waals surface area contributed by atoms with E-state index in [1.165, 1.54) is 12.1 Å². The molecule has 3 aromatic rings. The summed E-state index contributed by atoms with van der Waals surface area (Å²) >= 11 is 0. The van der Waals surface area contributed by atoms with Crippen LogP contribution in [-0.4, -0.2) is 12.0 Å². The highest BCUT2D eigenvalue weighted by atomic mass is 19.1. The van der Waals surface area contributed by atoms with E-state index in [9.17, 15) is 9.18 Å². The van der Waals surface area contributed by atoms with Crippen LogP contribution in [0.4, 0.5) is 10.1 Å². The molecule has 126 valence electrons. The van der Waals surface area contributed by atoms with Gasteiger partial charge in [-0.1, -0.05) is 54.6 Å². The molecule has 1 atom stereocenters. The molecule has 0 fully saturated rings. The number of anilines is 1. The highest BCUT2D eigenvalue weighted by Gasteiger charge is 2.16. The number of para-hydroxylation sites is 1. The molecule has 1 N–H and O–H groups in total. The number of carbonyl (C=O) groups is 1. The fourth-order valence-electron chi connectivity index (χ4n) is 2.49. The first-order valence-electron chi connectivity index (χ1n) is 8.01. The second-order valence-electron chi connectivity index (χ2n) is 5.62. The number of hydrogen-bond donors (Lipinski definition) is 1. The molecule has 0 heterocycles. The molecule has 3 rings (SSSR count). The zero-order valence-corrected chi connectivity index (χ0v) is 13.8. The molecule has 1 unspecified atom stereocenters. The largest absolute Gasteiger partial charge is 0.481 e. The van der Waals surface area contributed by atoms with E-state index >= 15 is 0 Å². The lowest BCUT2D eigenvalue weighted by Crippen LogP contribution is -2.30. The predicted octanol–water partition coefficient (Wildman–Crippen LogP) is 4.90. The third kappa shape index (κ3) is 4.23. The highest BCUT2D eigenvalue weighted by molar-refractivity contribution is 5.97. The first-order chi connectivity index (χ1) is 12.1. The Morgan fingerprint density at radius 3 is 2.44 bits per heavy atom. The second kappa shape index (κ2) is 7.62. The molecule has 0 aliphatic carbocycles. The van der Waals surface area contributed by atoms with Gasteiger partial charge in [0.1, 0.15) is 11.6 Å². The van der Waals surface area contributed by atoms with Crippen LogP contribution in [0.25, 0.3) is 11.1 Å². The minimum atomic E-state index is -0.759. The molecule has 0 bridgehead atoms.